The summed E-state index contributed by atoms with van der Waals surface area (Å²) in [5.74, 6) is 0. The van der Waals surface area contributed by atoms with Gasteiger partial charge in [0, 0.05) is 25.1 Å². The first kappa shape index (κ1) is 14.5. The minimum atomic E-state index is -3.54. The van der Waals surface area contributed by atoms with Gasteiger partial charge in [-0.15, -0.1) is 0 Å². The summed E-state index contributed by atoms with van der Waals surface area (Å²) in [7, 11) is -3.54. The predicted molar refractivity (Wildman–Crippen MR) is 83.3 cm³/mol. The molecule has 1 aromatic heterocycles. The van der Waals surface area contributed by atoms with E-state index in [1.54, 1.807) is 22.5 Å². The Balaban J connectivity index is 1.72. The molecule has 118 valence electrons. The maximum atomic E-state index is 13.1. The molecule has 0 N–H and O–H groups in total. The fraction of sp³-hybridized carbons (Fsp3) is 0.571. The van der Waals surface area contributed by atoms with Gasteiger partial charge in [0.1, 0.15) is 15.9 Å². The van der Waals surface area contributed by atoms with Crippen LogP contribution < -0.4 is 0 Å². The third-order valence-electron chi connectivity index (χ3n) is 4.68. The topological polar surface area (TPSA) is 72.4 Å². The number of rotatable bonds is 2. The SMILES string of the molecule is O=S(=O)(c1cccc2nsnc12)N1CCC[C@]2(CCOC2)C1. The van der Waals surface area contributed by atoms with Gasteiger partial charge in [-0.3, -0.25) is 0 Å². The first-order chi connectivity index (χ1) is 10.6. The molecule has 1 spiro atoms. The van der Waals surface area contributed by atoms with Crippen molar-refractivity contribution in [3.63, 3.8) is 0 Å². The fourth-order valence-corrected chi connectivity index (χ4v) is 5.81. The number of benzene rings is 1. The Morgan fingerprint density at radius 2 is 2.18 bits per heavy atom. The number of nitrogens with zero attached hydrogens (tertiary/aromatic N) is 3. The molecule has 0 amide bonds. The van der Waals surface area contributed by atoms with Gasteiger partial charge in [-0.05, 0) is 31.4 Å². The van der Waals surface area contributed by atoms with E-state index in [9.17, 15) is 8.42 Å². The summed E-state index contributed by atoms with van der Waals surface area (Å²) in [5, 5.41) is 0. The van der Waals surface area contributed by atoms with Crippen LogP contribution in [0.2, 0.25) is 0 Å². The maximum Gasteiger partial charge on any atom is 0.245 e. The molecule has 2 aliphatic heterocycles. The van der Waals surface area contributed by atoms with Gasteiger partial charge >= 0.3 is 0 Å². The zero-order valence-corrected chi connectivity index (χ0v) is 13.7. The zero-order chi connectivity index (χ0) is 15.2. The normalized spacial score (nSPS) is 26.9. The van der Waals surface area contributed by atoms with Gasteiger partial charge in [0.15, 0.2) is 0 Å². The van der Waals surface area contributed by atoms with Crippen LogP contribution in [0.1, 0.15) is 19.3 Å². The highest BCUT2D eigenvalue weighted by Gasteiger charge is 2.43. The summed E-state index contributed by atoms with van der Waals surface area (Å²) in [6.07, 6.45) is 2.87. The Bertz CT molecular complexity index is 797. The molecule has 1 atom stereocenters. The Kier molecular flexibility index (Phi) is 3.44. The number of sulfonamides is 1. The van der Waals surface area contributed by atoms with Gasteiger partial charge in [-0.1, -0.05) is 6.07 Å². The quantitative estimate of drug-likeness (QED) is 0.835. The van der Waals surface area contributed by atoms with Gasteiger partial charge < -0.3 is 4.74 Å². The molecule has 22 heavy (non-hydrogen) atoms. The van der Waals surface area contributed by atoms with Gasteiger partial charge in [-0.25, -0.2) is 8.42 Å². The highest BCUT2D eigenvalue weighted by Crippen LogP contribution is 2.39. The lowest BCUT2D eigenvalue weighted by atomic mass is 9.80. The van der Waals surface area contributed by atoms with Crippen molar-refractivity contribution in [2.45, 2.75) is 24.2 Å². The number of hydrogen-bond donors (Lipinski definition) is 0. The lowest BCUT2D eigenvalue weighted by Gasteiger charge is -2.38. The molecule has 4 rings (SSSR count). The summed E-state index contributed by atoms with van der Waals surface area (Å²) < 4.78 is 41.6. The summed E-state index contributed by atoms with van der Waals surface area (Å²) >= 11 is 1.05. The Hall–Kier alpha value is -1.09. The average molecular weight is 339 g/mol. The zero-order valence-electron chi connectivity index (χ0n) is 12.1. The Morgan fingerprint density at radius 3 is 3.00 bits per heavy atom. The fourth-order valence-electron chi connectivity index (χ4n) is 3.47. The number of hydrogen-bond acceptors (Lipinski definition) is 6. The van der Waals surface area contributed by atoms with Crippen LogP contribution in [0.4, 0.5) is 0 Å². The predicted octanol–water partition coefficient (Wildman–Crippen LogP) is 1.88. The molecule has 2 fully saturated rings. The number of aromatic nitrogens is 2. The monoisotopic (exact) mass is 339 g/mol. The van der Waals surface area contributed by atoms with Gasteiger partial charge in [0.05, 0.1) is 18.3 Å². The molecule has 0 unspecified atom stereocenters. The summed E-state index contributed by atoms with van der Waals surface area (Å²) in [4.78, 5) is 0.273. The van der Waals surface area contributed by atoms with Crippen molar-refractivity contribution >= 4 is 32.8 Å². The van der Waals surface area contributed by atoms with Gasteiger partial charge in [0.2, 0.25) is 10.0 Å². The number of fused-ring (bicyclic) bond motifs is 1. The van der Waals surface area contributed by atoms with Gasteiger partial charge in [0.25, 0.3) is 0 Å². The molecule has 2 saturated heterocycles. The minimum absolute atomic E-state index is 0.000456. The van der Waals surface area contributed by atoms with E-state index in [-0.39, 0.29) is 10.3 Å². The maximum absolute atomic E-state index is 13.1. The number of piperidine rings is 1. The van der Waals surface area contributed by atoms with Crippen molar-refractivity contribution in [1.82, 2.24) is 13.1 Å². The van der Waals surface area contributed by atoms with Crippen molar-refractivity contribution < 1.29 is 13.2 Å². The Morgan fingerprint density at radius 1 is 1.27 bits per heavy atom. The smallest absolute Gasteiger partial charge is 0.245 e. The van der Waals surface area contributed by atoms with Crippen LogP contribution in [-0.2, 0) is 14.8 Å². The first-order valence-electron chi connectivity index (χ1n) is 7.40. The third-order valence-corrected chi connectivity index (χ3v) is 7.10. The highest BCUT2D eigenvalue weighted by atomic mass is 32.2. The second-order valence-electron chi connectivity index (χ2n) is 6.13. The molecule has 6 nitrogen and oxygen atoms in total. The van der Waals surface area contributed by atoms with Crippen LogP contribution in [0.15, 0.2) is 23.1 Å². The summed E-state index contributed by atoms with van der Waals surface area (Å²) in [5.41, 5.74) is 1.12. The van der Waals surface area contributed by atoms with Crippen molar-refractivity contribution in [2.24, 2.45) is 5.41 Å². The summed E-state index contributed by atoms with van der Waals surface area (Å²) in [6.45, 7) is 2.52. The molecule has 1 aromatic carbocycles. The molecule has 0 saturated carbocycles. The minimum Gasteiger partial charge on any atom is -0.381 e. The largest absolute Gasteiger partial charge is 0.381 e. The Labute approximate surface area is 133 Å². The van der Waals surface area contributed by atoms with E-state index in [1.807, 2.05) is 0 Å². The molecule has 3 heterocycles. The molecule has 2 aromatic rings. The first-order valence-corrected chi connectivity index (χ1v) is 9.57. The lowest BCUT2D eigenvalue weighted by molar-refractivity contribution is 0.105. The van der Waals surface area contributed by atoms with Crippen molar-refractivity contribution in [3.8, 4) is 0 Å². The van der Waals surface area contributed by atoms with E-state index >= 15 is 0 Å². The van der Waals surface area contributed by atoms with E-state index in [0.29, 0.717) is 30.7 Å². The molecule has 0 aliphatic carbocycles. The van der Waals surface area contributed by atoms with Crippen LogP contribution in [0.5, 0.6) is 0 Å². The summed E-state index contributed by atoms with van der Waals surface area (Å²) in [6, 6.07) is 5.15. The standard InChI is InChI=1S/C14H17N3O3S2/c18-22(19,12-4-1-3-11-13(12)16-21-15-11)17-7-2-5-14(9-17)6-8-20-10-14/h1,3-4H,2,5-10H2/t14-/m0/s1. The molecular weight excluding hydrogens is 322 g/mol. The molecule has 0 bridgehead atoms. The van der Waals surface area contributed by atoms with Crippen molar-refractivity contribution in [3.05, 3.63) is 18.2 Å². The average Bonchev–Trinajstić information content (AvgIpc) is 3.16. The van der Waals surface area contributed by atoms with Crippen LogP contribution in [0.25, 0.3) is 11.0 Å². The second-order valence-corrected chi connectivity index (χ2v) is 8.57. The van der Waals surface area contributed by atoms with E-state index in [0.717, 1.165) is 37.6 Å². The molecule has 8 heteroatoms. The van der Waals surface area contributed by atoms with Gasteiger partial charge in [-0.2, -0.15) is 13.1 Å². The van der Waals surface area contributed by atoms with Crippen LogP contribution in [0, 0.1) is 5.41 Å². The van der Waals surface area contributed by atoms with E-state index in [2.05, 4.69) is 8.75 Å². The molecule has 2 aliphatic rings. The second kappa shape index (κ2) is 5.23. The van der Waals surface area contributed by atoms with Crippen LogP contribution in [-0.4, -0.2) is 47.8 Å². The van der Waals surface area contributed by atoms with Crippen molar-refractivity contribution in [1.29, 1.82) is 0 Å². The van der Waals surface area contributed by atoms with E-state index in [1.165, 1.54) is 0 Å². The number of ether oxygens (including phenoxy) is 1. The van der Waals surface area contributed by atoms with Crippen LogP contribution >= 0.6 is 11.7 Å². The van der Waals surface area contributed by atoms with E-state index in [4.69, 9.17) is 4.74 Å². The van der Waals surface area contributed by atoms with Crippen molar-refractivity contribution in [2.75, 3.05) is 26.3 Å². The molecule has 0 radical (unpaired) electrons. The highest BCUT2D eigenvalue weighted by molar-refractivity contribution is 7.89. The third kappa shape index (κ3) is 2.25. The molecular formula is C14H17N3O3S2. The van der Waals surface area contributed by atoms with E-state index < -0.39 is 10.0 Å². The lowest BCUT2D eigenvalue weighted by Crippen LogP contribution is -2.46. The van der Waals surface area contributed by atoms with Crippen LogP contribution in [0.3, 0.4) is 0 Å².